The van der Waals surface area contributed by atoms with E-state index in [1.165, 1.54) is 30.2 Å². The average molecular weight is 321 g/mol. The van der Waals surface area contributed by atoms with Gasteiger partial charge in [-0.15, -0.1) is 0 Å². The van der Waals surface area contributed by atoms with Gasteiger partial charge in [0.15, 0.2) is 11.6 Å². The summed E-state index contributed by atoms with van der Waals surface area (Å²) in [6, 6.07) is 7.63. The molecule has 3 nitrogen and oxygen atoms in total. The Hall–Kier alpha value is -2.50. The molecule has 1 aliphatic rings. The van der Waals surface area contributed by atoms with Gasteiger partial charge in [-0.25, -0.2) is 13.2 Å². The molecule has 0 saturated carbocycles. The molecule has 1 heterocycles. The van der Waals surface area contributed by atoms with Gasteiger partial charge in [0, 0.05) is 6.54 Å². The average Bonchev–Trinajstić information content (AvgIpc) is 2.50. The Morgan fingerprint density at radius 3 is 2.39 bits per heavy atom. The number of halogens is 3. The molecule has 0 spiro atoms. The lowest BCUT2D eigenvalue weighted by molar-refractivity contribution is 0.0451. The number of nitrogens with zero attached hydrogens (tertiary/aromatic N) is 1. The smallest absolute Gasteiger partial charge is 0.261 e. The summed E-state index contributed by atoms with van der Waals surface area (Å²) < 4.78 is 45.5. The number of hydrogen-bond acceptors (Lipinski definition) is 2. The van der Waals surface area contributed by atoms with Crippen molar-refractivity contribution in [2.75, 3.05) is 13.7 Å². The highest BCUT2D eigenvalue weighted by molar-refractivity contribution is 5.98. The Morgan fingerprint density at radius 1 is 1.13 bits per heavy atom. The second-order valence-corrected chi connectivity index (χ2v) is 5.29. The van der Waals surface area contributed by atoms with Gasteiger partial charge in [0.1, 0.15) is 17.1 Å². The third-order valence-electron chi connectivity index (χ3n) is 4.03. The summed E-state index contributed by atoms with van der Waals surface area (Å²) in [7, 11) is 1.29. The van der Waals surface area contributed by atoms with Crippen molar-refractivity contribution in [2.45, 2.75) is 12.5 Å². The van der Waals surface area contributed by atoms with Gasteiger partial charge >= 0.3 is 0 Å². The number of amides is 1. The Balaban J connectivity index is 1.92. The first-order valence-corrected chi connectivity index (χ1v) is 7.11. The van der Waals surface area contributed by atoms with Gasteiger partial charge < -0.3 is 9.64 Å². The number of methoxy groups -OCH3 is 1. The van der Waals surface area contributed by atoms with Crippen LogP contribution in [0.2, 0.25) is 0 Å². The highest BCUT2D eigenvalue weighted by atomic mass is 19.2. The van der Waals surface area contributed by atoms with Crippen molar-refractivity contribution in [1.29, 1.82) is 0 Å². The van der Waals surface area contributed by atoms with E-state index in [0.29, 0.717) is 13.0 Å². The SMILES string of the molecule is COc1ccc(F)c(F)c1C(=O)N1CCC1c1ccc(F)cc1. The summed E-state index contributed by atoms with van der Waals surface area (Å²) >= 11 is 0. The predicted molar refractivity (Wildman–Crippen MR) is 77.7 cm³/mol. The molecule has 0 aromatic heterocycles. The fourth-order valence-corrected chi connectivity index (χ4v) is 2.71. The molecule has 1 saturated heterocycles. The minimum atomic E-state index is -1.22. The van der Waals surface area contributed by atoms with Crippen LogP contribution < -0.4 is 4.74 Å². The highest BCUT2D eigenvalue weighted by Gasteiger charge is 2.36. The van der Waals surface area contributed by atoms with Crippen molar-refractivity contribution in [2.24, 2.45) is 0 Å². The molecule has 6 heteroatoms. The minimum absolute atomic E-state index is 0.0151. The number of hydrogen-bond donors (Lipinski definition) is 0. The van der Waals surface area contributed by atoms with Gasteiger partial charge in [0.25, 0.3) is 5.91 Å². The maximum absolute atomic E-state index is 14.1. The molecule has 1 unspecified atom stereocenters. The first-order valence-electron chi connectivity index (χ1n) is 7.11. The molecule has 23 heavy (non-hydrogen) atoms. The molecular weight excluding hydrogens is 307 g/mol. The number of likely N-dealkylation sites (tertiary alicyclic amines) is 1. The van der Waals surface area contributed by atoms with Gasteiger partial charge in [0.2, 0.25) is 0 Å². The van der Waals surface area contributed by atoms with Gasteiger partial charge in [-0.2, -0.15) is 0 Å². The fraction of sp³-hybridized carbons (Fsp3) is 0.235. The Kier molecular flexibility index (Phi) is 3.98. The number of rotatable bonds is 3. The maximum Gasteiger partial charge on any atom is 0.261 e. The van der Waals surface area contributed by atoms with Crippen molar-refractivity contribution in [1.82, 2.24) is 4.90 Å². The lowest BCUT2D eigenvalue weighted by Gasteiger charge is -2.41. The van der Waals surface area contributed by atoms with Crippen LogP contribution in [0, 0.1) is 17.5 Å². The van der Waals surface area contributed by atoms with E-state index in [1.54, 1.807) is 12.1 Å². The maximum atomic E-state index is 14.1. The second-order valence-electron chi connectivity index (χ2n) is 5.29. The van der Waals surface area contributed by atoms with E-state index in [9.17, 15) is 18.0 Å². The zero-order valence-corrected chi connectivity index (χ0v) is 12.4. The normalized spacial score (nSPS) is 16.9. The number of carbonyl (C=O) groups is 1. The summed E-state index contributed by atoms with van der Waals surface area (Å²) in [5.41, 5.74) is 0.334. The minimum Gasteiger partial charge on any atom is -0.496 e. The zero-order valence-electron chi connectivity index (χ0n) is 12.4. The van der Waals surface area contributed by atoms with Crippen LogP contribution in [-0.4, -0.2) is 24.5 Å². The third-order valence-corrected chi connectivity index (χ3v) is 4.03. The Labute approximate surface area is 131 Å². The number of benzene rings is 2. The van der Waals surface area contributed by atoms with Crippen LogP contribution in [0.25, 0.3) is 0 Å². The van der Waals surface area contributed by atoms with Crippen molar-refractivity contribution < 1.29 is 22.7 Å². The van der Waals surface area contributed by atoms with Gasteiger partial charge in [-0.05, 0) is 36.2 Å². The van der Waals surface area contributed by atoms with Crippen molar-refractivity contribution in [3.8, 4) is 5.75 Å². The van der Waals surface area contributed by atoms with Gasteiger partial charge in [-0.3, -0.25) is 4.79 Å². The number of carbonyl (C=O) groups excluding carboxylic acids is 1. The molecule has 120 valence electrons. The first-order chi connectivity index (χ1) is 11.0. The molecule has 0 N–H and O–H groups in total. The molecule has 2 aromatic carbocycles. The van der Waals surface area contributed by atoms with E-state index in [2.05, 4.69) is 0 Å². The Morgan fingerprint density at radius 2 is 1.83 bits per heavy atom. The van der Waals surface area contributed by atoms with E-state index in [0.717, 1.165) is 11.6 Å². The lowest BCUT2D eigenvalue weighted by Crippen LogP contribution is -2.45. The van der Waals surface area contributed by atoms with Crippen LogP contribution in [0.1, 0.15) is 28.4 Å². The van der Waals surface area contributed by atoms with Crippen LogP contribution in [0.5, 0.6) is 5.75 Å². The third kappa shape index (κ3) is 2.65. The summed E-state index contributed by atoms with van der Waals surface area (Å²) in [5, 5.41) is 0. The summed E-state index contributed by atoms with van der Waals surface area (Å²) in [4.78, 5) is 14.0. The van der Waals surface area contributed by atoms with E-state index < -0.39 is 23.1 Å². The van der Waals surface area contributed by atoms with Crippen LogP contribution in [0.15, 0.2) is 36.4 Å². The van der Waals surface area contributed by atoms with Crippen molar-refractivity contribution >= 4 is 5.91 Å². The summed E-state index contributed by atoms with van der Waals surface area (Å²) in [6.45, 7) is 0.417. The monoisotopic (exact) mass is 321 g/mol. The highest BCUT2D eigenvalue weighted by Crippen LogP contribution is 2.36. The quantitative estimate of drug-likeness (QED) is 0.863. The predicted octanol–water partition coefficient (Wildman–Crippen LogP) is 3.70. The molecule has 0 aliphatic carbocycles. The molecule has 1 fully saturated rings. The fourth-order valence-electron chi connectivity index (χ4n) is 2.71. The summed E-state index contributed by atoms with van der Waals surface area (Å²) in [6.07, 6.45) is 0.677. The number of ether oxygens (including phenoxy) is 1. The van der Waals surface area contributed by atoms with Crippen LogP contribution in [0.4, 0.5) is 13.2 Å². The van der Waals surface area contributed by atoms with Crippen LogP contribution >= 0.6 is 0 Å². The zero-order chi connectivity index (χ0) is 16.6. The van der Waals surface area contributed by atoms with E-state index in [-0.39, 0.29) is 17.6 Å². The van der Waals surface area contributed by atoms with Crippen LogP contribution in [0.3, 0.4) is 0 Å². The molecule has 1 amide bonds. The molecule has 3 rings (SSSR count). The lowest BCUT2D eigenvalue weighted by atomic mass is 9.93. The topological polar surface area (TPSA) is 29.5 Å². The van der Waals surface area contributed by atoms with E-state index >= 15 is 0 Å². The largest absolute Gasteiger partial charge is 0.496 e. The molecule has 0 radical (unpaired) electrons. The molecule has 1 aliphatic heterocycles. The molecule has 1 atom stereocenters. The Bertz CT molecular complexity index is 746. The van der Waals surface area contributed by atoms with E-state index in [4.69, 9.17) is 4.74 Å². The first kappa shape index (κ1) is 15.4. The van der Waals surface area contributed by atoms with Crippen LogP contribution in [-0.2, 0) is 0 Å². The van der Waals surface area contributed by atoms with Crippen molar-refractivity contribution in [3.63, 3.8) is 0 Å². The van der Waals surface area contributed by atoms with Crippen molar-refractivity contribution in [3.05, 3.63) is 65.0 Å². The van der Waals surface area contributed by atoms with Gasteiger partial charge in [-0.1, -0.05) is 12.1 Å². The second kappa shape index (κ2) is 5.95. The van der Waals surface area contributed by atoms with E-state index in [1.807, 2.05) is 0 Å². The standard InChI is InChI=1S/C17H14F3NO2/c1-23-14-7-6-12(19)16(20)15(14)17(22)21-9-8-13(21)10-2-4-11(18)5-3-10/h2-7,13H,8-9H2,1H3. The molecular formula is C17H14F3NO2. The molecule has 0 bridgehead atoms. The summed E-state index contributed by atoms with van der Waals surface area (Å²) in [5.74, 6) is -3.35. The van der Waals surface area contributed by atoms with Gasteiger partial charge in [0.05, 0.1) is 13.2 Å². The molecule has 2 aromatic rings.